The van der Waals surface area contributed by atoms with E-state index < -0.39 is 11.9 Å². The van der Waals surface area contributed by atoms with Crippen LogP contribution in [0.2, 0.25) is 0 Å². The van der Waals surface area contributed by atoms with E-state index in [2.05, 4.69) is 22.4 Å². The van der Waals surface area contributed by atoms with E-state index in [1.54, 1.807) is 29.2 Å². The van der Waals surface area contributed by atoms with Gasteiger partial charge in [-0.2, -0.15) is 0 Å². The number of thiocarbonyl (C=S) groups is 1. The van der Waals surface area contributed by atoms with E-state index in [1.807, 2.05) is 61.5 Å². The highest BCUT2D eigenvalue weighted by Crippen LogP contribution is 2.33. The van der Waals surface area contributed by atoms with Crippen LogP contribution < -0.4 is 5.32 Å². The predicted molar refractivity (Wildman–Crippen MR) is 161 cm³/mol. The van der Waals surface area contributed by atoms with Crippen LogP contribution in [-0.2, 0) is 20.1 Å². The number of thioether (sulfide) groups is 1. The van der Waals surface area contributed by atoms with Crippen LogP contribution in [0.3, 0.4) is 0 Å². The van der Waals surface area contributed by atoms with Crippen molar-refractivity contribution in [1.82, 2.24) is 4.98 Å². The van der Waals surface area contributed by atoms with Gasteiger partial charge in [-0.3, -0.25) is 14.4 Å². The number of aliphatic carboxylic acids is 2. The highest BCUT2D eigenvalue weighted by Gasteiger charge is 2.09. The van der Waals surface area contributed by atoms with Gasteiger partial charge < -0.3 is 15.5 Å². The van der Waals surface area contributed by atoms with Crippen LogP contribution in [0.5, 0.6) is 0 Å². The fourth-order valence-corrected chi connectivity index (χ4v) is 5.61. The van der Waals surface area contributed by atoms with Crippen LogP contribution in [0, 0.1) is 6.92 Å². The zero-order chi connectivity index (χ0) is 28.2. The summed E-state index contributed by atoms with van der Waals surface area (Å²) in [4.78, 5) is 37.9. The fraction of sp³-hybridized carbons (Fsp3) is 0.207. The Bertz CT molecular complexity index is 1440. The van der Waals surface area contributed by atoms with Gasteiger partial charge in [-0.15, -0.1) is 11.3 Å². The third-order valence-electron chi connectivity index (χ3n) is 5.36. The Kier molecular flexibility index (Phi) is 11.6. The normalized spacial score (nSPS) is 10.4. The molecule has 0 aliphatic rings. The van der Waals surface area contributed by atoms with Crippen LogP contribution in [0.25, 0.3) is 10.2 Å². The summed E-state index contributed by atoms with van der Waals surface area (Å²) in [6.45, 7) is 2.00. The van der Waals surface area contributed by atoms with Crippen molar-refractivity contribution in [2.24, 2.45) is 0 Å². The first kappa shape index (κ1) is 29.9. The SMILES string of the molecule is Cc1ccc(C(=S)CCC(=O)O)cc1.O=C(O)CCC(=O)Nc1ccc2nc(SCc3ccccc3)sc2c1. The lowest BCUT2D eigenvalue weighted by molar-refractivity contribution is -0.138. The van der Waals surface area contributed by atoms with Crippen molar-refractivity contribution in [3.63, 3.8) is 0 Å². The van der Waals surface area contributed by atoms with Gasteiger partial charge in [0.1, 0.15) is 0 Å². The van der Waals surface area contributed by atoms with E-state index >= 15 is 0 Å². The number of aryl methyl sites for hydroxylation is 1. The number of anilines is 1. The smallest absolute Gasteiger partial charge is 0.303 e. The Labute approximate surface area is 240 Å². The molecule has 0 saturated carbocycles. The number of thiazole rings is 1. The summed E-state index contributed by atoms with van der Waals surface area (Å²) in [5, 5.41) is 19.8. The average molecular weight is 581 g/mol. The molecule has 0 spiro atoms. The fourth-order valence-electron chi connectivity index (χ4n) is 3.31. The predicted octanol–water partition coefficient (Wildman–Crippen LogP) is 6.97. The standard InChI is InChI=1S/C18H16N2O3S2.C11H12O2S/c21-16(8-9-17(22)23)19-13-6-7-14-15(10-13)25-18(20-14)24-11-12-4-2-1-3-5-12;1-8-2-4-9(5-3-8)10(14)6-7-11(12)13/h1-7,10H,8-9,11H2,(H,19,21)(H,22,23);2-5H,6-7H2,1H3,(H,12,13). The summed E-state index contributed by atoms with van der Waals surface area (Å²) in [7, 11) is 0. The van der Waals surface area contributed by atoms with Gasteiger partial charge in [-0.1, -0.05) is 84.1 Å². The monoisotopic (exact) mass is 580 g/mol. The first-order chi connectivity index (χ1) is 18.7. The minimum atomic E-state index is -0.979. The van der Waals surface area contributed by atoms with E-state index in [0.29, 0.717) is 17.0 Å². The maximum Gasteiger partial charge on any atom is 0.303 e. The zero-order valence-corrected chi connectivity index (χ0v) is 23.7. The number of rotatable bonds is 11. The Morgan fingerprint density at radius 3 is 2.23 bits per heavy atom. The molecule has 1 amide bonds. The number of nitrogens with one attached hydrogen (secondary N) is 1. The number of hydrogen-bond donors (Lipinski definition) is 3. The summed E-state index contributed by atoms with van der Waals surface area (Å²) >= 11 is 8.39. The number of nitrogens with zero attached hydrogens (tertiary/aromatic N) is 1. The van der Waals surface area contributed by atoms with Gasteiger partial charge in [-0.25, -0.2) is 4.98 Å². The molecular weight excluding hydrogens is 553 g/mol. The van der Waals surface area contributed by atoms with Crippen LogP contribution in [0.4, 0.5) is 5.69 Å². The van der Waals surface area contributed by atoms with Crippen molar-refractivity contribution >= 4 is 73.9 Å². The summed E-state index contributed by atoms with van der Waals surface area (Å²) in [5.41, 5.74) is 4.93. The van der Waals surface area contributed by atoms with Gasteiger partial charge in [0.05, 0.1) is 23.1 Å². The maximum atomic E-state index is 11.7. The molecule has 1 aromatic heterocycles. The molecule has 4 rings (SSSR count). The lowest BCUT2D eigenvalue weighted by atomic mass is 10.1. The molecule has 0 saturated heterocycles. The van der Waals surface area contributed by atoms with Crippen molar-refractivity contribution < 1.29 is 24.6 Å². The molecule has 202 valence electrons. The third-order valence-corrected chi connectivity index (χ3v) is 8.04. The second kappa shape index (κ2) is 15.1. The number of benzene rings is 3. The van der Waals surface area contributed by atoms with E-state index in [9.17, 15) is 14.4 Å². The zero-order valence-electron chi connectivity index (χ0n) is 21.3. The highest BCUT2D eigenvalue weighted by molar-refractivity contribution is 8.00. The highest BCUT2D eigenvalue weighted by atomic mass is 32.2. The number of carboxylic acids is 2. The Balaban J connectivity index is 0.000000255. The number of aromatic nitrogens is 1. The van der Waals surface area contributed by atoms with Gasteiger partial charge in [0, 0.05) is 22.7 Å². The van der Waals surface area contributed by atoms with Gasteiger partial charge >= 0.3 is 11.9 Å². The van der Waals surface area contributed by atoms with Gasteiger partial charge in [-0.05, 0) is 42.7 Å². The minimum absolute atomic E-state index is 0.0335. The Morgan fingerprint density at radius 2 is 1.56 bits per heavy atom. The number of carbonyl (C=O) groups excluding carboxylic acids is 1. The second-order valence-corrected chi connectivity index (χ2v) is 11.3. The maximum absolute atomic E-state index is 11.7. The quantitative estimate of drug-likeness (QED) is 0.0989. The molecule has 3 aromatic carbocycles. The lowest BCUT2D eigenvalue weighted by Gasteiger charge is -2.03. The van der Waals surface area contributed by atoms with Crippen LogP contribution in [0.1, 0.15) is 42.4 Å². The molecule has 1 heterocycles. The Hall–Kier alpha value is -3.60. The summed E-state index contributed by atoms with van der Waals surface area (Å²) in [6, 6.07) is 23.6. The van der Waals surface area contributed by atoms with Crippen LogP contribution in [-0.4, -0.2) is 37.9 Å². The third kappa shape index (κ3) is 10.6. The van der Waals surface area contributed by atoms with E-state index in [4.69, 9.17) is 22.4 Å². The first-order valence-electron chi connectivity index (χ1n) is 12.1. The van der Waals surface area contributed by atoms with Crippen molar-refractivity contribution in [1.29, 1.82) is 0 Å². The molecule has 7 nitrogen and oxygen atoms in total. The minimum Gasteiger partial charge on any atom is -0.481 e. The van der Waals surface area contributed by atoms with Gasteiger partial charge in [0.15, 0.2) is 4.34 Å². The number of fused-ring (bicyclic) bond motifs is 1. The molecule has 4 aromatic rings. The van der Waals surface area contributed by atoms with Crippen molar-refractivity contribution in [3.8, 4) is 0 Å². The van der Waals surface area contributed by atoms with Crippen molar-refractivity contribution in [2.45, 2.75) is 42.7 Å². The van der Waals surface area contributed by atoms with Crippen LogP contribution >= 0.6 is 35.3 Å². The molecule has 0 bridgehead atoms. The molecule has 0 unspecified atom stereocenters. The number of hydrogen-bond acceptors (Lipinski definition) is 7. The van der Waals surface area contributed by atoms with E-state index in [1.165, 1.54) is 11.1 Å². The molecule has 0 atom stereocenters. The molecule has 39 heavy (non-hydrogen) atoms. The molecule has 0 radical (unpaired) electrons. The number of carbonyl (C=O) groups is 3. The molecule has 0 aliphatic heterocycles. The van der Waals surface area contributed by atoms with Crippen molar-refractivity contribution in [2.75, 3.05) is 5.32 Å². The molecule has 10 heteroatoms. The second-order valence-electron chi connectivity index (χ2n) is 8.56. The van der Waals surface area contributed by atoms with Crippen LogP contribution in [0.15, 0.2) is 77.1 Å². The molecular formula is C29H28N2O5S3. The molecule has 0 fully saturated rings. The van der Waals surface area contributed by atoms with E-state index in [0.717, 1.165) is 25.9 Å². The average Bonchev–Trinajstić information content (AvgIpc) is 3.33. The first-order valence-corrected chi connectivity index (χ1v) is 14.3. The topological polar surface area (TPSA) is 117 Å². The summed E-state index contributed by atoms with van der Waals surface area (Å²) in [5.74, 6) is -1.23. The summed E-state index contributed by atoms with van der Waals surface area (Å²) < 4.78 is 1.97. The number of carboxylic acid groups (broad SMARTS) is 2. The lowest BCUT2D eigenvalue weighted by Crippen LogP contribution is -2.12. The largest absolute Gasteiger partial charge is 0.481 e. The Morgan fingerprint density at radius 1 is 0.897 bits per heavy atom. The molecule has 3 N–H and O–H groups in total. The number of amides is 1. The molecule has 0 aliphatic carbocycles. The van der Waals surface area contributed by atoms with Gasteiger partial charge in [0.25, 0.3) is 0 Å². The van der Waals surface area contributed by atoms with Crippen molar-refractivity contribution in [3.05, 3.63) is 89.5 Å². The van der Waals surface area contributed by atoms with E-state index in [-0.39, 0.29) is 25.2 Å². The summed E-state index contributed by atoms with van der Waals surface area (Å²) in [6.07, 6.45) is 0.337. The van der Waals surface area contributed by atoms with Gasteiger partial charge in [0.2, 0.25) is 5.91 Å².